The van der Waals surface area contributed by atoms with Crippen LogP contribution in [0.15, 0.2) is 18.2 Å². The maximum Gasteiger partial charge on any atom is 0.223 e. The smallest absolute Gasteiger partial charge is 0.223 e. The normalized spacial score (nSPS) is 12.3. The Bertz CT molecular complexity index is 443. The van der Waals surface area contributed by atoms with Gasteiger partial charge in [-0.25, -0.2) is 0 Å². The van der Waals surface area contributed by atoms with Crippen molar-refractivity contribution in [2.45, 2.75) is 40.2 Å². The van der Waals surface area contributed by atoms with E-state index in [1.54, 1.807) is 0 Å². The first-order valence-corrected chi connectivity index (χ1v) is 7.05. The monoisotopic (exact) mass is 279 g/mol. The van der Waals surface area contributed by atoms with Crippen molar-refractivity contribution in [2.75, 3.05) is 13.2 Å². The lowest BCUT2D eigenvalue weighted by Crippen LogP contribution is -2.35. The lowest BCUT2D eigenvalue weighted by Gasteiger charge is -2.15. The molecule has 0 heterocycles. The summed E-state index contributed by atoms with van der Waals surface area (Å²) in [4.78, 5) is 11.6. The van der Waals surface area contributed by atoms with Crippen LogP contribution in [0, 0.1) is 19.8 Å². The van der Waals surface area contributed by atoms with Crippen LogP contribution in [0.3, 0.4) is 0 Å². The number of ether oxygens (including phenoxy) is 1. The number of aliphatic hydroxyl groups excluding tert-OH is 1. The second kappa shape index (κ2) is 7.90. The van der Waals surface area contributed by atoms with Crippen molar-refractivity contribution >= 4 is 5.91 Å². The molecule has 1 amide bonds. The number of carbonyl (C=O) groups is 1. The van der Waals surface area contributed by atoms with Crippen LogP contribution in [0.2, 0.25) is 0 Å². The average molecular weight is 279 g/mol. The van der Waals surface area contributed by atoms with Crippen molar-refractivity contribution in [1.29, 1.82) is 0 Å². The van der Waals surface area contributed by atoms with Gasteiger partial charge in [-0.05, 0) is 37.0 Å². The fourth-order valence-electron chi connectivity index (χ4n) is 1.68. The maximum atomic E-state index is 11.6. The molecule has 0 radical (unpaired) electrons. The third-order valence-electron chi connectivity index (χ3n) is 3.42. The van der Waals surface area contributed by atoms with Gasteiger partial charge < -0.3 is 15.2 Å². The number of aliphatic hydroxyl groups is 1. The first kappa shape index (κ1) is 16.5. The topological polar surface area (TPSA) is 58.6 Å². The van der Waals surface area contributed by atoms with Crippen molar-refractivity contribution in [2.24, 2.45) is 5.92 Å². The van der Waals surface area contributed by atoms with Gasteiger partial charge in [-0.3, -0.25) is 4.79 Å². The number of amides is 1. The fraction of sp³-hybridized carbons (Fsp3) is 0.562. The van der Waals surface area contributed by atoms with Crippen molar-refractivity contribution in [3.63, 3.8) is 0 Å². The molecule has 4 heteroatoms. The summed E-state index contributed by atoms with van der Waals surface area (Å²) in [5.74, 6) is 0.858. The summed E-state index contributed by atoms with van der Waals surface area (Å²) in [5, 5.41) is 12.3. The van der Waals surface area contributed by atoms with Crippen molar-refractivity contribution in [3.05, 3.63) is 29.3 Å². The Morgan fingerprint density at radius 3 is 2.70 bits per heavy atom. The molecule has 20 heavy (non-hydrogen) atoms. The molecule has 1 unspecified atom stereocenters. The zero-order chi connectivity index (χ0) is 15.1. The third kappa shape index (κ3) is 5.21. The van der Waals surface area contributed by atoms with Crippen molar-refractivity contribution in [3.8, 4) is 5.75 Å². The summed E-state index contributed by atoms with van der Waals surface area (Å²) in [5.41, 5.74) is 2.27. The van der Waals surface area contributed by atoms with E-state index >= 15 is 0 Å². The Balaban J connectivity index is 2.30. The van der Waals surface area contributed by atoms with Gasteiger partial charge in [-0.15, -0.1) is 0 Å². The number of benzene rings is 1. The molecule has 1 aromatic rings. The van der Waals surface area contributed by atoms with E-state index in [-0.39, 0.29) is 18.2 Å². The van der Waals surface area contributed by atoms with E-state index in [0.717, 1.165) is 11.3 Å². The molecule has 1 atom stereocenters. The van der Waals surface area contributed by atoms with Crippen LogP contribution < -0.4 is 10.1 Å². The summed E-state index contributed by atoms with van der Waals surface area (Å²) in [6.07, 6.45) is -0.211. The average Bonchev–Trinajstić information content (AvgIpc) is 2.40. The molecule has 1 aromatic carbocycles. The van der Waals surface area contributed by atoms with Crippen molar-refractivity contribution < 1.29 is 14.6 Å². The number of nitrogens with one attached hydrogen (secondary N) is 1. The Kier molecular flexibility index (Phi) is 6.52. The lowest BCUT2D eigenvalue weighted by molar-refractivity contribution is -0.122. The van der Waals surface area contributed by atoms with Crippen LogP contribution in [0.5, 0.6) is 5.75 Å². The molecule has 0 aromatic heterocycles. The number of rotatable bonds is 7. The first-order chi connectivity index (χ1) is 9.41. The molecule has 0 aliphatic heterocycles. The molecule has 0 aliphatic carbocycles. The van der Waals surface area contributed by atoms with E-state index < -0.39 is 6.10 Å². The van der Waals surface area contributed by atoms with E-state index in [2.05, 4.69) is 5.32 Å². The third-order valence-corrected chi connectivity index (χ3v) is 3.42. The van der Waals surface area contributed by atoms with E-state index in [0.29, 0.717) is 13.2 Å². The van der Waals surface area contributed by atoms with Gasteiger partial charge in [0.15, 0.2) is 0 Å². The van der Waals surface area contributed by atoms with Gasteiger partial charge in [0.25, 0.3) is 0 Å². The van der Waals surface area contributed by atoms with Gasteiger partial charge in [0.05, 0.1) is 19.1 Å². The number of aryl methyl sites for hydroxylation is 1. The summed E-state index contributed by atoms with van der Waals surface area (Å²) >= 11 is 0. The first-order valence-electron chi connectivity index (χ1n) is 7.05. The zero-order valence-corrected chi connectivity index (χ0v) is 12.8. The number of carbonyl (C=O) groups excluding carboxylic acids is 1. The molecule has 0 saturated carbocycles. The minimum Gasteiger partial charge on any atom is -0.493 e. The standard InChI is InChI=1S/C16H25NO3/c1-11(2)14(18)10-17-16(19)8-9-20-15-7-5-6-12(3)13(15)4/h5-7,11,14,18H,8-10H2,1-4H3,(H,17,19). The predicted octanol–water partition coefficient (Wildman–Crippen LogP) is 2.21. The Labute approximate surface area is 121 Å². The fourth-order valence-corrected chi connectivity index (χ4v) is 1.68. The molecule has 4 nitrogen and oxygen atoms in total. The van der Waals surface area contributed by atoms with E-state index in [9.17, 15) is 9.90 Å². The number of hydrogen-bond acceptors (Lipinski definition) is 3. The minimum absolute atomic E-state index is 0.102. The molecule has 0 fully saturated rings. The van der Waals surface area contributed by atoms with Crippen LogP contribution in [-0.2, 0) is 4.79 Å². The highest BCUT2D eigenvalue weighted by Crippen LogP contribution is 2.20. The minimum atomic E-state index is -0.501. The van der Waals surface area contributed by atoms with Crippen LogP contribution in [0.4, 0.5) is 0 Å². The van der Waals surface area contributed by atoms with Gasteiger partial charge in [-0.2, -0.15) is 0 Å². The second-order valence-electron chi connectivity index (χ2n) is 5.41. The Hall–Kier alpha value is -1.55. The lowest BCUT2D eigenvalue weighted by atomic mass is 10.1. The van der Waals surface area contributed by atoms with Crippen LogP contribution in [0.1, 0.15) is 31.4 Å². The van der Waals surface area contributed by atoms with E-state index in [4.69, 9.17) is 4.74 Å². The molecule has 1 rings (SSSR count). The van der Waals surface area contributed by atoms with Gasteiger partial charge in [0.1, 0.15) is 5.75 Å². The molecule has 0 bridgehead atoms. The predicted molar refractivity (Wildman–Crippen MR) is 79.9 cm³/mol. The maximum absolute atomic E-state index is 11.6. The zero-order valence-electron chi connectivity index (χ0n) is 12.8. The Morgan fingerprint density at radius 2 is 2.05 bits per heavy atom. The molecular weight excluding hydrogens is 254 g/mol. The summed E-state index contributed by atoms with van der Waals surface area (Å²) in [6.45, 7) is 8.50. The molecular formula is C16H25NO3. The Morgan fingerprint density at radius 1 is 1.35 bits per heavy atom. The molecule has 2 N–H and O–H groups in total. The largest absolute Gasteiger partial charge is 0.493 e. The van der Waals surface area contributed by atoms with Crippen LogP contribution in [-0.4, -0.2) is 30.3 Å². The van der Waals surface area contributed by atoms with E-state index in [1.807, 2.05) is 45.9 Å². The molecule has 0 saturated heterocycles. The van der Waals surface area contributed by atoms with Gasteiger partial charge in [0.2, 0.25) is 5.91 Å². The van der Waals surface area contributed by atoms with E-state index in [1.165, 1.54) is 5.56 Å². The second-order valence-corrected chi connectivity index (χ2v) is 5.41. The highest BCUT2D eigenvalue weighted by molar-refractivity contribution is 5.76. The molecule has 0 spiro atoms. The van der Waals surface area contributed by atoms with Gasteiger partial charge in [-0.1, -0.05) is 26.0 Å². The molecule has 112 valence electrons. The quantitative estimate of drug-likeness (QED) is 0.804. The van der Waals surface area contributed by atoms with Gasteiger partial charge in [0, 0.05) is 6.54 Å². The highest BCUT2D eigenvalue weighted by Gasteiger charge is 2.11. The highest BCUT2D eigenvalue weighted by atomic mass is 16.5. The van der Waals surface area contributed by atoms with Crippen LogP contribution in [0.25, 0.3) is 0 Å². The molecule has 0 aliphatic rings. The summed E-state index contributed by atoms with van der Waals surface area (Å²) < 4.78 is 5.62. The summed E-state index contributed by atoms with van der Waals surface area (Å²) in [7, 11) is 0. The van der Waals surface area contributed by atoms with Gasteiger partial charge >= 0.3 is 0 Å². The van der Waals surface area contributed by atoms with Crippen molar-refractivity contribution in [1.82, 2.24) is 5.32 Å². The SMILES string of the molecule is Cc1cccc(OCCC(=O)NCC(O)C(C)C)c1C. The van der Waals surface area contributed by atoms with Crippen LogP contribution >= 0.6 is 0 Å². The summed E-state index contributed by atoms with van der Waals surface area (Å²) in [6, 6.07) is 5.88. The number of hydrogen-bond donors (Lipinski definition) is 2.